The smallest absolute Gasteiger partial charge is 0.328 e. The number of benzene rings is 1. The summed E-state index contributed by atoms with van der Waals surface area (Å²) in [5.41, 5.74) is 0.646. The van der Waals surface area contributed by atoms with Crippen molar-refractivity contribution in [1.29, 1.82) is 0 Å². The molecule has 3 amide bonds. The van der Waals surface area contributed by atoms with E-state index in [4.69, 9.17) is 16.3 Å². The number of hydrogen-bond acceptors (Lipinski definition) is 4. The van der Waals surface area contributed by atoms with Gasteiger partial charge in [-0.2, -0.15) is 0 Å². The van der Waals surface area contributed by atoms with Crippen LogP contribution < -0.4 is 5.32 Å². The van der Waals surface area contributed by atoms with Crippen LogP contribution in [0.1, 0.15) is 57.6 Å². The van der Waals surface area contributed by atoms with Crippen molar-refractivity contribution < 1.29 is 19.1 Å². The predicted octanol–water partition coefficient (Wildman–Crippen LogP) is 3.77. The zero-order valence-corrected chi connectivity index (χ0v) is 19.7. The number of carbonyl (C=O) groups excluding carboxylic acids is 3. The van der Waals surface area contributed by atoms with E-state index in [-0.39, 0.29) is 23.9 Å². The lowest BCUT2D eigenvalue weighted by Gasteiger charge is -2.59. The Morgan fingerprint density at radius 3 is 2.38 bits per heavy atom. The van der Waals surface area contributed by atoms with Crippen LogP contribution in [0.15, 0.2) is 24.3 Å². The molecule has 3 aliphatic rings. The highest BCUT2D eigenvalue weighted by Gasteiger charge is 2.64. The van der Waals surface area contributed by atoms with Crippen molar-refractivity contribution in [3.05, 3.63) is 34.9 Å². The van der Waals surface area contributed by atoms with Gasteiger partial charge in [0, 0.05) is 24.2 Å². The number of β-lactam (4-membered cyclic amide) rings is 1. The van der Waals surface area contributed by atoms with Crippen molar-refractivity contribution in [2.45, 2.75) is 64.1 Å². The Morgan fingerprint density at radius 1 is 1.22 bits per heavy atom. The first-order chi connectivity index (χ1) is 15.3. The Balaban J connectivity index is 1.46. The second kappa shape index (κ2) is 8.93. The van der Waals surface area contributed by atoms with Gasteiger partial charge in [-0.25, -0.2) is 9.59 Å². The van der Waals surface area contributed by atoms with Gasteiger partial charge in [0.1, 0.15) is 6.04 Å². The Morgan fingerprint density at radius 2 is 1.84 bits per heavy atom. The van der Waals surface area contributed by atoms with Crippen LogP contribution in [0, 0.1) is 11.3 Å². The van der Waals surface area contributed by atoms with E-state index in [2.05, 4.69) is 10.2 Å². The molecule has 1 saturated carbocycles. The number of nitrogens with one attached hydrogen (secondary N) is 1. The third kappa shape index (κ3) is 3.96. The van der Waals surface area contributed by atoms with Gasteiger partial charge in [0.2, 0.25) is 5.91 Å². The van der Waals surface area contributed by atoms with Crippen molar-refractivity contribution >= 4 is 29.5 Å². The number of hydrogen-bond donors (Lipinski definition) is 1. The van der Waals surface area contributed by atoms with E-state index in [0.29, 0.717) is 37.0 Å². The molecule has 32 heavy (non-hydrogen) atoms. The summed E-state index contributed by atoms with van der Waals surface area (Å²) >= 11 is 6.09. The molecule has 1 aromatic rings. The average Bonchev–Trinajstić information content (AvgIpc) is 3.65. The molecule has 1 spiro atoms. The number of ether oxygens (including phenoxy) is 1. The molecule has 0 radical (unpaired) electrons. The number of rotatable bonds is 6. The highest BCUT2D eigenvalue weighted by molar-refractivity contribution is 6.30. The number of carbonyl (C=O) groups is 3. The van der Waals surface area contributed by atoms with Crippen LogP contribution in [0.4, 0.5) is 4.79 Å². The maximum atomic E-state index is 13.3. The van der Waals surface area contributed by atoms with Crippen LogP contribution in [-0.2, 0) is 14.3 Å². The molecule has 2 heterocycles. The van der Waals surface area contributed by atoms with Crippen LogP contribution in [0.3, 0.4) is 0 Å². The van der Waals surface area contributed by atoms with Gasteiger partial charge >= 0.3 is 12.0 Å². The summed E-state index contributed by atoms with van der Waals surface area (Å²) in [6, 6.07) is 7.21. The van der Waals surface area contributed by atoms with E-state index in [1.807, 2.05) is 38.1 Å². The normalized spacial score (nSPS) is 24.0. The maximum Gasteiger partial charge on any atom is 0.328 e. The maximum absolute atomic E-state index is 13.3. The predicted molar refractivity (Wildman–Crippen MR) is 121 cm³/mol. The standard InChI is InChI=1S/C24H32ClN3O4/c1-4-15(2)19(21(29)32-3)26-23(31)27-13-11-24(12-14-27)20(16-5-7-17(25)8-6-16)28(22(24)30)18-9-10-18/h5-8,15,18-20H,4,9-14H2,1-3H3,(H,26,31)/t15-,19-,20?/m0/s1. The van der Waals surface area contributed by atoms with E-state index >= 15 is 0 Å². The molecular weight excluding hydrogens is 430 g/mol. The van der Waals surface area contributed by atoms with Crippen molar-refractivity contribution in [2.75, 3.05) is 20.2 Å². The molecule has 3 fully saturated rings. The van der Waals surface area contributed by atoms with Gasteiger partial charge in [-0.15, -0.1) is 0 Å². The molecule has 174 valence electrons. The van der Waals surface area contributed by atoms with E-state index in [1.54, 1.807) is 4.90 Å². The second-order valence-electron chi connectivity index (χ2n) is 9.38. The van der Waals surface area contributed by atoms with E-state index in [1.165, 1.54) is 7.11 Å². The highest BCUT2D eigenvalue weighted by atomic mass is 35.5. The summed E-state index contributed by atoms with van der Waals surface area (Å²) in [6.45, 7) is 4.86. The molecule has 2 aliphatic heterocycles. The van der Waals surface area contributed by atoms with Crippen LogP contribution in [0.2, 0.25) is 5.02 Å². The molecule has 4 rings (SSSR count). The lowest BCUT2D eigenvalue weighted by Crippen LogP contribution is -2.67. The zero-order valence-electron chi connectivity index (χ0n) is 19.0. The minimum absolute atomic E-state index is 0.0304. The number of amides is 3. The lowest BCUT2D eigenvalue weighted by atomic mass is 9.62. The third-order valence-corrected chi connectivity index (χ3v) is 7.73. The van der Waals surface area contributed by atoms with E-state index in [9.17, 15) is 14.4 Å². The van der Waals surface area contributed by atoms with Crippen LogP contribution in [-0.4, -0.2) is 60.0 Å². The molecule has 0 aromatic heterocycles. The Labute approximate surface area is 194 Å². The minimum atomic E-state index is -0.675. The number of halogens is 1. The summed E-state index contributed by atoms with van der Waals surface area (Å²) in [6.07, 6.45) is 4.09. The van der Waals surface area contributed by atoms with E-state index < -0.39 is 17.4 Å². The number of likely N-dealkylation sites (tertiary alicyclic amines) is 2. The molecule has 3 atom stereocenters. The van der Waals surface area contributed by atoms with Gasteiger partial charge in [0.25, 0.3) is 0 Å². The van der Waals surface area contributed by atoms with Crippen molar-refractivity contribution in [3.8, 4) is 0 Å². The Hall–Kier alpha value is -2.28. The van der Waals surface area contributed by atoms with Crippen LogP contribution in [0.5, 0.6) is 0 Å². The number of methoxy groups -OCH3 is 1. The topological polar surface area (TPSA) is 79.0 Å². The molecular formula is C24H32ClN3O4. The first-order valence-electron chi connectivity index (χ1n) is 11.5. The summed E-state index contributed by atoms with van der Waals surface area (Å²) in [7, 11) is 1.33. The van der Waals surface area contributed by atoms with Crippen molar-refractivity contribution in [1.82, 2.24) is 15.1 Å². The Bertz CT molecular complexity index is 878. The van der Waals surface area contributed by atoms with Gasteiger partial charge in [-0.3, -0.25) is 4.79 Å². The average molecular weight is 462 g/mol. The summed E-state index contributed by atoms with van der Waals surface area (Å²) in [4.78, 5) is 42.1. The number of urea groups is 1. The minimum Gasteiger partial charge on any atom is -0.467 e. The van der Waals surface area contributed by atoms with Gasteiger partial charge in [-0.1, -0.05) is 44.0 Å². The molecule has 1 aromatic carbocycles. The Kier molecular flexibility index (Phi) is 6.39. The van der Waals surface area contributed by atoms with Crippen LogP contribution >= 0.6 is 11.6 Å². The molecule has 7 nitrogen and oxygen atoms in total. The first-order valence-corrected chi connectivity index (χ1v) is 11.9. The molecule has 8 heteroatoms. The van der Waals surface area contributed by atoms with Gasteiger partial charge in [-0.05, 0) is 49.3 Å². The third-order valence-electron chi connectivity index (χ3n) is 7.48. The van der Waals surface area contributed by atoms with E-state index in [0.717, 1.165) is 24.8 Å². The number of piperidine rings is 1. The van der Waals surface area contributed by atoms with Gasteiger partial charge < -0.3 is 19.9 Å². The fourth-order valence-electron chi connectivity index (χ4n) is 5.16. The first kappa shape index (κ1) is 22.9. The van der Waals surface area contributed by atoms with Crippen molar-refractivity contribution in [3.63, 3.8) is 0 Å². The van der Waals surface area contributed by atoms with Crippen LogP contribution in [0.25, 0.3) is 0 Å². The quantitative estimate of drug-likeness (QED) is 0.516. The fraction of sp³-hybridized carbons (Fsp3) is 0.625. The molecule has 1 N–H and O–H groups in total. The molecule has 2 saturated heterocycles. The molecule has 0 bridgehead atoms. The highest BCUT2D eigenvalue weighted by Crippen LogP contribution is 2.59. The monoisotopic (exact) mass is 461 g/mol. The number of esters is 1. The summed E-state index contributed by atoms with van der Waals surface area (Å²) in [5, 5.41) is 3.53. The zero-order chi connectivity index (χ0) is 23.0. The summed E-state index contributed by atoms with van der Waals surface area (Å²) in [5.74, 6) is -0.248. The van der Waals surface area contributed by atoms with Gasteiger partial charge in [0.15, 0.2) is 0 Å². The number of nitrogens with zero attached hydrogens (tertiary/aromatic N) is 2. The second-order valence-corrected chi connectivity index (χ2v) is 9.81. The molecule has 1 unspecified atom stereocenters. The fourth-order valence-corrected chi connectivity index (χ4v) is 5.29. The lowest BCUT2D eigenvalue weighted by molar-refractivity contribution is -0.181. The van der Waals surface area contributed by atoms with Gasteiger partial charge in [0.05, 0.1) is 18.6 Å². The summed E-state index contributed by atoms with van der Waals surface area (Å²) < 4.78 is 4.88. The largest absolute Gasteiger partial charge is 0.467 e. The SMILES string of the molecule is CC[C@H](C)[C@H](NC(=O)N1CCC2(CC1)C(=O)N(C1CC1)C2c1ccc(Cl)cc1)C(=O)OC. The molecule has 1 aliphatic carbocycles. The van der Waals surface area contributed by atoms with Crippen molar-refractivity contribution in [2.24, 2.45) is 11.3 Å².